The average Bonchev–Trinajstić information content (AvgIpc) is 2.40. The molecule has 1 amide bonds. The summed E-state index contributed by atoms with van der Waals surface area (Å²) >= 11 is 0. The van der Waals surface area contributed by atoms with Crippen LogP contribution in [0.25, 0.3) is 0 Å². The smallest absolute Gasteiger partial charge is 0.223 e. The lowest BCUT2D eigenvalue weighted by Gasteiger charge is -2.40. The van der Waals surface area contributed by atoms with Crippen molar-refractivity contribution < 1.29 is 9.53 Å². The molecule has 0 radical (unpaired) electrons. The molecule has 1 heterocycles. The molecule has 0 bridgehead atoms. The molecule has 2 rings (SSSR count). The summed E-state index contributed by atoms with van der Waals surface area (Å²) in [7, 11) is 1.64. The third kappa shape index (κ3) is 2.71. The minimum atomic E-state index is -0.0254. The van der Waals surface area contributed by atoms with Crippen molar-refractivity contribution in [2.75, 3.05) is 20.3 Å². The second kappa shape index (κ2) is 5.98. The number of carbonyl (C=O) groups excluding carboxylic acids is 1. The van der Waals surface area contributed by atoms with E-state index in [2.05, 4.69) is 0 Å². The van der Waals surface area contributed by atoms with E-state index in [0.717, 1.165) is 12.0 Å². The molecule has 2 unspecified atom stereocenters. The largest absolute Gasteiger partial charge is 0.383 e. The Morgan fingerprint density at radius 2 is 2.11 bits per heavy atom. The maximum Gasteiger partial charge on any atom is 0.223 e. The number of hydrogen-bond donors (Lipinski definition) is 1. The van der Waals surface area contributed by atoms with E-state index in [9.17, 15) is 4.79 Å². The molecule has 0 spiro atoms. The number of nitrogens with zero attached hydrogens (tertiary/aromatic N) is 1. The van der Waals surface area contributed by atoms with E-state index in [-0.39, 0.29) is 18.0 Å². The first kappa shape index (κ1) is 13.1. The van der Waals surface area contributed by atoms with Crippen LogP contribution in [0.15, 0.2) is 30.3 Å². The van der Waals surface area contributed by atoms with Gasteiger partial charge in [-0.25, -0.2) is 0 Å². The minimum absolute atomic E-state index is 0.00181. The summed E-state index contributed by atoms with van der Waals surface area (Å²) in [5, 5.41) is 0. The Morgan fingerprint density at radius 1 is 1.39 bits per heavy atom. The Bertz CT molecular complexity index is 394. The van der Waals surface area contributed by atoms with Crippen molar-refractivity contribution in [2.45, 2.75) is 24.9 Å². The maximum atomic E-state index is 12.0. The second-order valence-corrected chi connectivity index (χ2v) is 4.64. The second-order valence-electron chi connectivity index (χ2n) is 4.64. The number of hydrogen-bond acceptors (Lipinski definition) is 3. The molecule has 1 aromatic rings. The first-order chi connectivity index (χ1) is 8.74. The van der Waals surface area contributed by atoms with Crippen LogP contribution >= 0.6 is 0 Å². The van der Waals surface area contributed by atoms with Crippen molar-refractivity contribution in [3.05, 3.63) is 35.9 Å². The number of benzene rings is 1. The highest BCUT2D eigenvalue weighted by Crippen LogP contribution is 2.30. The monoisotopic (exact) mass is 248 g/mol. The Labute approximate surface area is 108 Å². The zero-order valence-corrected chi connectivity index (χ0v) is 10.7. The molecule has 1 aliphatic rings. The highest BCUT2D eigenvalue weighted by atomic mass is 16.5. The van der Waals surface area contributed by atoms with Gasteiger partial charge in [0.1, 0.15) is 0 Å². The molecule has 0 saturated carbocycles. The predicted molar refractivity (Wildman–Crippen MR) is 70.0 cm³/mol. The summed E-state index contributed by atoms with van der Waals surface area (Å²) in [6.07, 6.45) is 1.29. The maximum absolute atomic E-state index is 12.0. The number of rotatable bonds is 4. The van der Waals surface area contributed by atoms with Crippen LogP contribution in [0.1, 0.15) is 24.4 Å². The van der Waals surface area contributed by atoms with E-state index in [4.69, 9.17) is 10.5 Å². The summed E-state index contributed by atoms with van der Waals surface area (Å²) in [4.78, 5) is 13.9. The average molecular weight is 248 g/mol. The van der Waals surface area contributed by atoms with Crippen LogP contribution in [0.3, 0.4) is 0 Å². The van der Waals surface area contributed by atoms with Gasteiger partial charge in [-0.15, -0.1) is 0 Å². The van der Waals surface area contributed by atoms with E-state index < -0.39 is 0 Å². The SMILES string of the molecule is COCCN1C(=O)CCC(N)C1c1ccccc1. The molecule has 18 heavy (non-hydrogen) atoms. The first-order valence-corrected chi connectivity index (χ1v) is 6.33. The van der Waals surface area contributed by atoms with Gasteiger partial charge in [0.05, 0.1) is 12.6 Å². The summed E-state index contributed by atoms with van der Waals surface area (Å²) in [5.74, 6) is 0.169. The number of ether oxygens (including phenoxy) is 1. The molecule has 1 aliphatic heterocycles. The number of piperidine rings is 1. The van der Waals surface area contributed by atoms with Gasteiger partial charge in [0.25, 0.3) is 0 Å². The molecule has 4 nitrogen and oxygen atoms in total. The molecule has 0 aliphatic carbocycles. The zero-order chi connectivity index (χ0) is 13.0. The van der Waals surface area contributed by atoms with Crippen molar-refractivity contribution in [3.8, 4) is 0 Å². The molecule has 1 saturated heterocycles. The van der Waals surface area contributed by atoms with Crippen molar-refractivity contribution in [3.63, 3.8) is 0 Å². The summed E-state index contributed by atoms with van der Waals surface area (Å²) in [6.45, 7) is 1.14. The van der Waals surface area contributed by atoms with Crippen LogP contribution in [-0.2, 0) is 9.53 Å². The van der Waals surface area contributed by atoms with Crippen molar-refractivity contribution >= 4 is 5.91 Å². The Kier molecular flexibility index (Phi) is 4.33. The standard InChI is InChI=1S/C14H20N2O2/c1-18-10-9-16-13(17)8-7-12(15)14(16)11-5-3-2-4-6-11/h2-6,12,14H,7-10,15H2,1H3. The van der Waals surface area contributed by atoms with E-state index in [1.165, 1.54) is 0 Å². The minimum Gasteiger partial charge on any atom is -0.383 e. The van der Waals surface area contributed by atoms with E-state index >= 15 is 0 Å². The fraction of sp³-hybridized carbons (Fsp3) is 0.500. The Morgan fingerprint density at radius 3 is 2.78 bits per heavy atom. The van der Waals surface area contributed by atoms with Gasteiger partial charge in [-0.1, -0.05) is 30.3 Å². The molecule has 0 aromatic heterocycles. The molecular formula is C14H20N2O2. The molecular weight excluding hydrogens is 228 g/mol. The number of nitrogens with two attached hydrogens (primary N) is 1. The van der Waals surface area contributed by atoms with E-state index in [1.807, 2.05) is 35.2 Å². The van der Waals surface area contributed by atoms with Crippen LogP contribution in [-0.4, -0.2) is 37.1 Å². The molecule has 98 valence electrons. The van der Waals surface area contributed by atoms with Crippen LogP contribution in [0.4, 0.5) is 0 Å². The highest BCUT2D eigenvalue weighted by Gasteiger charge is 2.34. The quantitative estimate of drug-likeness (QED) is 0.874. The zero-order valence-electron chi connectivity index (χ0n) is 10.7. The Balaban J connectivity index is 2.23. The third-order valence-electron chi connectivity index (χ3n) is 3.43. The number of carbonyl (C=O) groups is 1. The summed E-state index contributed by atoms with van der Waals surface area (Å²) in [6, 6.07) is 9.97. The van der Waals surface area contributed by atoms with Gasteiger partial charge in [-0.2, -0.15) is 0 Å². The molecule has 2 N–H and O–H groups in total. The number of likely N-dealkylation sites (tertiary alicyclic amines) is 1. The topological polar surface area (TPSA) is 55.6 Å². The van der Waals surface area contributed by atoms with Gasteiger partial charge in [0.15, 0.2) is 0 Å². The van der Waals surface area contributed by atoms with Crippen LogP contribution < -0.4 is 5.73 Å². The number of amides is 1. The van der Waals surface area contributed by atoms with Gasteiger partial charge in [-0.05, 0) is 12.0 Å². The lowest BCUT2D eigenvalue weighted by molar-refractivity contribution is -0.138. The third-order valence-corrected chi connectivity index (χ3v) is 3.43. The lowest BCUT2D eigenvalue weighted by Crippen LogP contribution is -2.49. The molecule has 4 heteroatoms. The predicted octanol–water partition coefficient (Wildman–Crippen LogP) is 1.32. The summed E-state index contributed by atoms with van der Waals surface area (Å²) in [5.41, 5.74) is 7.31. The van der Waals surface area contributed by atoms with Gasteiger partial charge < -0.3 is 15.4 Å². The fourth-order valence-corrected chi connectivity index (χ4v) is 2.51. The number of methoxy groups -OCH3 is 1. The van der Waals surface area contributed by atoms with Crippen molar-refractivity contribution in [1.29, 1.82) is 0 Å². The van der Waals surface area contributed by atoms with Gasteiger partial charge in [-0.3, -0.25) is 4.79 Å². The molecule has 1 aromatic carbocycles. The van der Waals surface area contributed by atoms with Gasteiger partial charge >= 0.3 is 0 Å². The normalized spacial score (nSPS) is 24.3. The van der Waals surface area contributed by atoms with Gasteiger partial charge in [0, 0.05) is 26.1 Å². The van der Waals surface area contributed by atoms with Crippen molar-refractivity contribution in [2.24, 2.45) is 5.73 Å². The van der Waals surface area contributed by atoms with E-state index in [0.29, 0.717) is 19.6 Å². The molecule has 1 fully saturated rings. The van der Waals surface area contributed by atoms with Crippen LogP contribution in [0, 0.1) is 0 Å². The molecule has 2 atom stereocenters. The van der Waals surface area contributed by atoms with Crippen LogP contribution in [0.5, 0.6) is 0 Å². The highest BCUT2D eigenvalue weighted by molar-refractivity contribution is 5.78. The van der Waals surface area contributed by atoms with Crippen molar-refractivity contribution in [1.82, 2.24) is 4.90 Å². The fourth-order valence-electron chi connectivity index (χ4n) is 2.51. The van der Waals surface area contributed by atoms with Crippen LogP contribution in [0.2, 0.25) is 0 Å². The Hall–Kier alpha value is -1.39. The first-order valence-electron chi connectivity index (χ1n) is 6.33. The lowest BCUT2D eigenvalue weighted by atomic mass is 9.90. The summed E-state index contributed by atoms with van der Waals surface area (Å²) < 4.78 is 5.08. The van der Waals surface area contributed by atoms with Gasteiger partial charge in [0.2, 0.25) is 5.91 Å². The van der Waals surface area contributed by atoms with E-state index in [1.54, 1.807) is 7.11 Å².